The van der Waals surface area contributed by atoms with Gasteiger partial charge in [-0.25, -0.2) is 0 Å². The molecule has 0 aromatic heterocycles. The van der Waals surface area contributed by atoms with Gasteiger partial charge in [0.05, 0.1) is 6.04 Å². The van der Waals surface area contributed by atoms with Gasteiger partial charge in [-0.15, -0.1) is 0 Å². The van der Waals surface area contributed by atoms with Gasteiger partial charge >= 0.3 is 0 Å². The second-order valence-corrected chi connectivity index (χ2v) is 5.70. The lowest BCUT2D eigenvalue weighted by molar-refractivity contribution is -0.126. The van der Waals surface area contributed by atoms with E-state index in [9.17, 15) is 4.79 Å². The Morgan fingerprint density at radius 3 is 2.59 bits per heavy atom. The maximum atomic E-state index is 12.0. The highest BCUT2D eigenvalue weighted by Gasteiger charge is 2.33. The number of hydrogen-bond donors (Lipinski definition) is 2. The molecule has 0 bridgehead atoms. The Bertz CT molecular complexity index is 255. The maximum Gasteiger partial charge on any atom is 0.237 e. The molecule has 4 heteroatoms. The average molecular weight is 241 g/mol. The van der Waals surface area contributed by atoms with E-state index in [1.165, 1.54) is 0 Å². The largest absolute Gasteiger partial charge is 0.354 e. The third-order valence-electron chi connectivity index (χ3n) is 3.60. The van der Waals surface area contributed by atoms with Crippen molar-refractivity contribution in [3.05, 3.63) is 0 Å². The van der Waals surface area contributed by atoms with Gasteiger partial charge in [0.25, 0.3) is 0 Å². The Balaban J connectivity index is 2.46. The van der Waals surface area contributed by atoms with Gasteiger partial charge in [0.2, 0.25) is 5.91 Å². The van der Waals surface area contributed by atoms with Crippen molar-refractivity contribution in [2.75, 3.05) is 19.6 Å². The Morgan fingerprint density at radius 2 is 2.12 bits per heavy atom. The van der Waals surface area contributed by atoms with Crippen LogP contribution in [0.2, 0.25) is 0 Å². The lowest BCUT2D eigenvalue weighted by Crippen LogP contribution is -2.47. The molecule has 0 spiro atoms. The zero-order valence-electron chi connectivity index (χ0n) is 11.6. The van der Waals surface area contributed by atoms with E-state index in [2.05, 4.69) is 31.0 Å². The first kappa shape index (κ1) is 14.5. The third kappa shape index (κ3) is 3.96. The van der Waals surface area contributed by atoms with Crippen molar-refractivity contribution in [2.45, 2.75) is 46.2 Å². The Morgan fingerprint density at radius 1 is 1.47 bits per heavy atom. The van der Waals surface area contributed by atoms with Gasteiger partial charge in [0.15, 0.2) is 0 Å². The summed E-state index contributed by atoms with van der Waals surface area (Å²) in [4.78, 5) is 14.3. The van der Waals surface area contributed by atoms with Gasteiger partial charge in [-0.2, -0.15) is 0 Å². The van der Waals surface area contributed by atoms with Crippen LogP contribution in [0.5, 0.6) is 0 Å². The molecule has 3 atom stereocenters. The quantitative estimate of drug-likeness (QED) is 0.749. The van der Waals surface area contributed by atoms with Crippen molar-refractivity contribution < 1.29 is 4.79 Å². The maximum absolute atomic E-state index is 12.0. The predicted molar refractivity (Wildman–Crippen MR) is 70.6 cm³/mol. The molecule has 3 unspecified atom stereocenters. The first-order valence-electron chi connectivity index (χ1n) is 6.69. The summed E-state index contributed by atoms with van der Waals surface area (Å²) in [6.07, 6.45) is 1.11. The van der Waals surface area contributed by atoms with Crippen molar-refractivity contribution >= 4 is 5.91 Å². The van der Waals surface area contributed by atoms with E-state index < -0.39 is 0 Å². The van der Waals surface area contributed by atoms with Crippen LogP contribution in [0.25, 0.3) is 0 Å². The van der Waals surface area contributed by atoms with Crippen molar-refractivity contribution in [2.24, 2.45) is 17.6 Å². The Hall–Kier alpha value is -0.610. The molecule has 0 saturated carbocycles. The molecule has 100 valence electrons. The zero-order valence-corrected chi connectivity index (χ0v) is 11.6. The summed E-state index contributed by atoms with van der Waals surface area (Å²) in [7, 11) is 0. The molecule has 0 aromatic rings. The number of rotatable bonds is 5. The highest BCUT2D eigenvalue weighted by Crippen LogP contribution is 2.24. The van der Waals surface area contributed by atoms with E-state index >= 15 is 0 Å². The topological polar surface area (TPSA) is 58.4 Å². The molecule has 1 saturated heterocycles. The first-order chi connectivity index (χ1) is 7.95. The fraction of sp³-hybridized carbons (Fsp3) is 0.923. The van der Waals surface area contributed by atoms with Crippen LogP contribution < -0.4 is 11.1 Å². The van der Waals surface area contributed by atoms with Crippen molar-refractivity contribution in [3.8, 4) is 0 Å². The molecule has 0 aliphatic carbocycles. The first-order valence-corrected chi connectivity index (χ1v) is 6.69. The third-order valence-corrected chi connectivity index (χ3v) is 3.60. The average Bonchev–Trinajstić information content (AvgIpc) is 2.66. The van der Waals surface area contributed by atoms with E-state index in [4.69, 9.17) is 5.73 Å². The minimum Gasteiger partial charge on any atom is -0.354 e. The molecule has 0 aromatic carbocycles. The van der Waals surface area contributed by atoms with Crippen LogP contribution in [0.15, 0.2) is 0 Å². The Labute approximate surface area is 105 Å². The molecule has 4 nitrogen and oxygen atoms in total. The van der Waals surface area contributed by atoms with Crippen LogP contribution in [-0.2, 0) is 4.79 Å². The van der Waals surface area contributed by atoms with Crippen LogP contribution in [0.1, 0.15) is 34.1 Å². The fourth-order valence-electron chi connectivity index (χ4n) is 2.48. The lowest BCUT2D eigenvalue weighted by Gasteiger charge is -2.27. The number of carbonyl (C=O) groups is 1. The normalized spacial score (nSPS) is 27.4. The second-order valence-electron chi connectivity index (χ2n) is 5.70. The smallest absolute Gasteiger partial charge is 0.237 e. The summed E-state index contributed by atoms with van der Waals surface area (Å²) in [5, 5.41) is 3.00. The number of nitrogens with one attached hydrogen (secondary N) is 1. The second kappa shape index (κ2) is 6.36. The van der Waals surface area contributed by atoms with E-state index in [1.54, 1.807) is 0 Å². The van der Waals surface area contributed by atoms with Crippen LogP contribution >= 0.6 is 0 Å². The zero-order chi connectivity index (χ0) is 13.0. The summed E-state index contributed by atoms with van der Waals surface area (Å²) >= 11 is 0. The highest BCUT2D eigenvalue weighted by atomic mass is 16.2. The van der Waals surface area contributed by atoms with Crippen molar-refractivity contribution in [1.29, 1.82) is 0 Å². The summed E-state index contributed by atoms with van der Waals surface area (Å²) in [6, 6.07) is 0.420. The van der Waals surface area contributed by atoms with Crippen molar-refractivity contribution in [3.63, 3.8) is 0 Å². The summed E-state index contributed by atoms with van der Waals surface area (Å²) in [6.45, 7) is 10.8. The fourth-order valence-corrected chi connectivity index (χ4v) is 2.48. The lowest BCUT2D eigenvalue weighted by atomic mass is 10.1. The van der Waals surface area contributed by atoms with E-state index in [1.807, 2.05) is 6.92 Å². The molecular formula is C13H27N3O. The van der Waals surface area contributed by atoms with Gasteiger partial charge in [0, 0.05) is 19.1 Å². The number of nitrogens with zero attached hydrogens (tertiary/aromatic N) is 1. The molecule has 1 heterocycles. The molecule has 3 N–H and O–H groups in total. The molecule has 0 radical (unpaired) electrons. The molecule has 1 aliphatic rings. The molecular weight excluding hydrogens is 214 g/mol. The van der Waals surface area contributed by atoms with Crippen LogP contribution in [-0.4, -0.2) is 42.5 Å². The summed E-state index contributed by atoms with van der Waals surface area (Å²) in [5.74, 6) is 1.19. The summed E-state index contributed by atoms with van der Waals surface area (Å²) < 4.78 is 0. The van der Waals surface area contributed by atoms with Crippen LogP contribution in [0, 0.1) is 11.8 Å². The molecule has 1 fully saturated rings. The molecule has 1 rings (SSSR count). The van der Waals surface area contributed by atoms with Crippen LogP contribution in [0.3, 0.4) is 0 Å². The minimum absolute atomic E-state index is 0.0414. The monoisotopic (exact) mass is 241 g/mol. The van der Waals surface area contributed by atoms with Gasteiger partial charge < -0.3 is 11.1 Å². The standard InChI is InChI=1S/C13H27N3O/c1-9(2)7-15-13(17)11(4)16-8-12(6-14)5-10(16)3/h9-12H,5-8,14H2,1-4H3,(H,15,17). The highest BCUT2D eigenvalue weighted by molar-refractivity contribution is 5.81. The number of nitrogens with two attached hydrogens (primary N) is 1. The van der Waals surface area contributed by atoms with E-state index in [-0.39, 0.29) is 11.9 Å². The van der Waals surface area contributed by atoms with Crippen molar-refractivity contribution in [1.82, 2.24) is 10.2 Å². The van der Waals surface area contributed by atoms with Gasteiger partial charge in [-0.3, -0.25) is 9.69 Å². The van der Waals surface area contributed by atoms with Gasteiger partial charge in [-0.1, -0.05) is 13.8 Å². The minimum atomic E-state index is -0.0414. The number of likely N-dealkylation sites (tertiary alicyclic amines) is 1. The molecule has 1 aliphatic heterocycles. The van der Waals surface area contributed by atoms with Crippen LogP contribution in [0.4, 0.5) is 0 Å². The van der Waals surface area contributed by atoms with Gasteiger partial charge in [-0.05, 0) is 38.6 Å². The SMILES string of the molecule is CC(C)CNC(=O)C(C)N1CC(CN)CC1C. The van der Waals surface area contributed by atoms with E-state index in [0.29, 0.717) is 17.9 Å². The predicted octanol–water partition coefficient (Wildman–Crippen LogP) is 0.816. The Kier molecular flexibility index (Phi) is 5.40. The molecule has 17 heavy (non-hydrogen) atoms. The molecule has 1 amide bonds. The number of carbonyl (C=O) groups excluding carboxylic acids is 1. The number of hydrogen-bond acceptors (Lipinski definition) is 3. The summed E-state index contributed by atoms with van der Waals surface area (Å²) in [5.41, 5.74) is 5.71. The van der Waals surface area contributed by atoms with E-state index in [0.717, 1.165) is 26.1 Å². The number of amides is 1. The van der Waals surface area contributed by atoms with Gasteiger partial charge in [0.1, 0.15) is 0 Å².